The number of hydrogen-bond donors (Lipinski definition) is 0. The van der Waals surface area contributed by atoms with Crippen molar-refractivity contribution in [1.29, 1.82) is 0 Å². The second kappa shape index (κ2) is 8.21. The van der Waals surface area contributed by atoms with Gasteiger partial charge in [0.15, 0.2) is 0 Å². The largest absolute Gasteiger partial charge is 0.339 e. The van der Waals surface area contributed by atoms with Crippen LogP contribution in [0.1, 0.15) is 43.6 Å². The number of thioether (sulfide) groups is 1. The van der Waals surface area contributed by atoms with Crippen LogP contribution in [-0.2, 0) is 9.59 Å². The molecule has 2 amide bonds. The molecule has 2 aliphatic carbocycles. The number of carbonyl (C=O) groups excluding carboxylic acids is 2. The average Bonchev–Trinajstić information content (AvgIpc) is 3.31. The maximum Gasteiger partial charge on any atom is 0.232 e. The minimum Gasteiger partial charge on any atom is -0.339 e. The molecule has 3 fully saturated rings. The van der Waals surface area contributed by atoms with Crippen LogP contribution >= 0.6 is 11.8 Å². The standard InChI is InChI=1S/C21H27FN2O2S/c22-19-8-4-3-7-16(19)17-13-18(17)21(26)24-11-9-23(10-12-24)20(25)14-27-15-5-1-2-6-15/h3-4,7-8,15,17-18H,1-2,5-6,9-14H2/t17-,18+/m0/s1. The first-order chi connectivity index (χ1) is 13.1. The second-order valence-corrected chi connectivity index (χ2v) is 9.18. The molecule has 1 aliphatic heterocycles. The summed E-state index contributed by atoms with van der Waals surface area (Å²) in [6.45, 7) is 2.43. The lowest BCUT2D eigenvalue weighted by Crippen LogP contribution is -2.51. The van der Waals surface area contributed by atoms with Crippen molar-refractivity contribution in [3.05, 3.63) is 35.6 Å². The van der Waals surface area contributed by atoms with Gasteiger partial charge in [0, 0.05) is 37.3 Å². The van der Waals surface area contributed by atoms with Crippen LogP contribution in [0.4, 0.5) is 4.39 Å². The van der Waals surface area contributed by atoms with Gasteiger partial charge in [0.25, 0.3) is 0 Å². The highest BCUT2D eigenvalue weighted by Gasteiger charge is 2.47. The molecule has 4 rings (SSSR count). The first-order valence-electron chi connectivity index (χ1n) is 10.1. The molecule has 0 aromatic heterocycles. The first-order valence-corrected chi connectivity index (χ1v) is 11.1. The molecule has 146 valence electrons. The molecule has 0 N–H and O–H groups in total. The van der Waals surface area contributed by atoms with Gasteiger partial charge in [-0.3, -0.25) is 9.59 Å². The fraction of sp³-hybridized carbons (Fsp3) is 0.619. The van der Waals surface area contributed by atoms with Crippen molar-refractivity contribution in [2.24, 2.45) is 5.92 Å². The molecule has 0 bridgehead atoms. The van der Waals surface area contributed by atoms with Gasteiger partial charge in [0.05, 0.1) is 5.75 Å². The number of nitrogens with zero attached hydrogens (tertiary/aromatic N) is 2. The van der Waals surface area contributed by atoms with Gasteiger partial charge in [-0.2, -0.15) is 0 Å². The Morgan fingerprint density at radius 3 is 2.41 bits per heavy atom. The number of rotatable bonds is 5. The number of piperazine rings is 1. The summed E-state index contributed by atoms with van der Waals surface area (Å²) in [6, 6.07) is 6.75. The molecular formula is C21H27FN2O2S. The highest BCUT2D eigenvalue weighted by atomic mass is 32.2. The third-order valence-electron chi connectivity index (χ3n) is 6.10. The summed E-state index contributed by atoms with van der Waals surface area (Å²) >= 11 is 1.80. The van der Waals surface area contributed by atoms with Gasteiger partial charge < -0.3 is 9.80 Å². The molecule has 1 aromatic rings. The van der Waals surface area contributed by atoms with Crippen LogP contribution in [-0.4, -0.2) is 58.8 Å². The zero-order valence-electron chi connectivity index (χ0n) is 15.6. The van der Waals surface area contributed by atoms with E-state index in [0.29, 0.717) is 42.7 Å². The Morgan fingerprint density at radius 2 is 1.70 bits per heavy atom. The molecule has 2 atom stereocenters. The van der Waals surface area contributed by atoms with E-state index in [2.05, 4.69) is 0 Å². The quantitative estimate of drug-likeness (QED) is 0.775. The van der Waals surface area contributed by atoms with E-state index in [1.54, 1.807) is 23.9 Å². The number of hydrogen-bond acceptors (Lipinski definition) is 3. The topological polar surface area (TPSA) is 40.6 Å². The van der Waals surface area contributed by atoms with Gasteiger partial charge in [-0.1, -0.05) is 31.0 Å². The normalized spacial score (nSPS) is 25.7. The van der Waals surface area contributed by atoms with Gasteiger partial charge in [-0.25, -0.2) is 4.39 Å². The monoisotopic (exact) mass is 390 g/mol. The molecular weight excluding hydrogens is 363 g/mol. The van der Waals surface area contributed by atoms with Crippen molar-refractivity contribution in [3.63, 3.8) is 0 Å². The minimum atomic E-state index is -0.215. The van der Waals surface area contributed by atoms with Gasteiger partial charge in [-0.15, -0.1) is 11.8 Å². The number of halogens is 1. The predicted molar refractivity (Wildman–Crippen MR) is 105 cm³/mol. The Labute approximate surface area is 164 Å². The fourth-order valence-corrected chi connectivity index (χ4v) is 5.56. The molecule has 0 spiro atoms. The van der Waals surface area contributed by atoms with E-state index in [-0.39, 0.29) is 29.5 Å². The SMILES string of the molecule is O=C(CSC1CCCC1)N1CCN(C(=O)[C@@H]2C[C@H]2c2ccccc2F)CC1. The van der Waals surface area contributed by atoms with Crippen molar-refractivity contribution >= 4 is 23.6 Å². The Kier molecular flexibility index (Phi) is 5.71. The molecule has 27 heavy (non-hydrogen) atoms. The average molecular weight is 391 g/mol. The summed E-state index contributed by atoms with van der Waals surface area (Å²) in [4.78, 5) is 28.9. The number of carbonyl (C=O) groups is 2. The molecule has 1 saturated heterocycles. The van der Waals surface area contributed by atoms with Crippen LogP contribution in [0.15, 0.2) is 24.3 Å². The lowest BCUT2D eigenvalue weighted by Gasteiger charge is -2.35. The Bertz CT molecular complexity index is 699. The predicted octanol–water partition coefficient (Wildman–Crippen LogP) is 3.28. The van der Waals surface area contributed by atoms with Gasteiger partial charge in [0.2, 0.25) is 11.8 Å². The zero-order chi connectivity index (χ0) is 18.8. The summed E-state index contributed by atoms with van der Waals surface area (Å²) < 4.78 is 13.9. The van der Waals surface area contributed by atoms with Gasteiger partial charge in [-0.05, 0) is 36.8 Å². The summed E-state index contributed by atoms with van der Waals surface area (Å²) in [5, 5.41) is 0.655. The van der Waals surface area contributed by atoms with Crippen LogP contribution in [0.5, 0.6) is 0 Å². The summed E-state index contributed by atoms with van der Waals surface area (Å²) in [7, 11) is 0. The lowest BCUT2D eigenvalue weighted by atomic mass is 10.1. The Hall–Kier alpha value is -1.56. The van der Waals surface area contributed by atoms with Crippen molar-refractivity contribution < 1.29 is 14.0 Å². The van der Waals surface area contributed by atoms with E-state index in [1.165, 1.54) is 31.7 Å². The summed E-state index contributed by atoms with van der Waals surface area (Å²) in [5.74, 6) is 0.595. The third-order valence-corrected chi connectivity index (χ3v) is 7.46. The summed E-state index contributed by atoms with van der Waals surface area (Å²) in [5.41, 5.74) is 0.661. The van der Waals surface area contributed by atoms with E-state index in [4.69, 9.17) is 0 Å². The first kappa shape index (κ1) is 18.8. The highest BCUT2D eigenvalue weighted by molar-refractivity contribution is 8.00. The third kappa shape index (κ3) is 4.31. The second-order valence-electron chi connectivity index (χ2n) is 7.89. The smallest absolute Gasteiger partial charge is 0.232 e. The van der Waals surface area contributed by atoms with Crippen molar-refractivity contribution in [3.8, 4) is 0 Å². The van der Waals surface area contributed by atoms with E-state index in [9.17, 15) is 14.0 Å². The minimum absolute atomic E-state index is 0.0150. The number of benzene rings is 1. The van der Waals surface area contributed by atoms with E-state index >= 15 is 0 Å². The molecule has 1 aromatic carbocycles. The summed E-state index contributed by atoms with van der Waals surface area (Å²) in [6.07, 6.45) is 5.80. The van der Waals surface area contributed by atoms with Gasteiger partial charge >= 0.3 is 0 Å². The van der Waals surface area contributed by atoms with Crippen LogP contribution in [0, 0.1) is 11.7 Å². The maximum absolute atomic E-state index is 13.9. The number of amides is 2. The van der Waals surface area contributed by atoms with E-state index < -0.39 is 0 Å². The van der Waals surface area contributed by atoms with Crippen LogP contribution in [0.25, 0.3) is 0 Å². The van der Waals surface area contributed by atoms with E-state index in [0.717, 1.165) is 6.42 Å². The van der Waals surface area contributed by atoms with Crippen LogP contribution < -0.4 is 0 Å². The van der Waals surface area contributed by atoms with Gasteiger partial charge in [0.1, 0.15) is 5.82 Å². The molecule has 6 heteroatoms. The maximum atomic E-state index is 13.9. The fourth-order valence-electron chi connectivity index (χ4n) is 4.33. The van der Waals surface area contributed by atoms with Crippen molar-refractivity contribution in [1.82, 2.24) is 9.80 Å². The molecule has 0 unspecified atom stereocenters. The van der Waals surface area contributed by atoms with E-state index in [1.807, 2.05) is 15.9 Å². The van der Waals surface area contributed by atoms with Crippen LogP contribution in [0.2, 0.25) is 0 Å². The Morgan fingerprint density at radius 1 is 1.04 bits per heavy atom. The molecule has 2 saturated carbocycles. The molecule has 3 aliphatic rings. The highest BCUT2D eigenvalue weighted by Crippen LogP contribution is 2.49. The molecule has 0 radical (unpaired) electrons. The molecule has 1 heterocycles. The van der Waals surface area contributed by atoms with Crippen molar-refractivity contribution in [2.45, 2.75) is 43.3 Å². The van der Waals surface area contributed by atoms with Crippen LogP contribution in [0.3, 0.4) is 0 Å². The molecule has 4 nitrogen and oxygen atoms in total. The Balaban J connectivity index is 1.23. The lowest BCUT2D eigenvalue weighted by molar-refractivity contribution is -0.139. The zero-order valence-corrected chi connectivity index (χ0v) is 16.4. The van der Waals surface area contributed by atoms with Crippen molar-refractivity contribution in [2.75, 3.05) is 31.9 Å².